The maximum atomic E-state index is 11.9. The number of hydrogen-bond acceptors (Lipinski definition) is 6. The molecule has 0 spiro atoms. The van der Waals surface area contributed by atoms with Crippen LogP contribution in [0, 0.1) is 0 Å². The summed E-state index contributed by atoms with van der Waals surface area (Å²) < 4.78 is 51.6. The largest absolute Gasteiger partial charge is 0.680 e. The Kier molecular flexibility index (Phi) is 12.4. The highest BCUT2D eigenvalue weighted by molar-refractivity contribution is 6.65. The van der Waals surface area contributed by atoms with Gasteiger partial charge in [-0.2, -0.15) is 0 Å². The van der Waals surface area contributed by atoms with Crippen LogP contribution in [0.2, 0.25) is 6.55 Å². The standard InChI is InChI=1S/C4H11FO4Si.C4H11FO2Si/c1-6-10(7-2,8-3)9-4-5;1-6-8(3,4-5)7-2/h4H2,1-3H3;4H2,1-3H3. The number of hydrogen-bond donors (Lipinski definition) is 0. The molecule has 0 atom stereocenters. The first-order valence-corrected chi connectivity index (χ1v) is 9.10. The van der Waals surface area contributed by atoms with Crippen LogP contribution in [0.25, 0.3) is 0 Å². The summed E-state index contributed by atoms with van der Waals surface area (Å²) in [5.41, 5.74) is 0. The Labute approximate surface area is 109 Å². The van der Waals surface area contributed by atoms with Gasteiger partial charge in [0.25, 0.3) is 0 Å². The van der Waals surface area contributed by atoms with Crippen molar-refractivity contribution in [2.75, 3.05) is 48.7 Å². The zero-order valence-electron chi connectivity index (χ0n) is 11.6. The van der Waals surface area contributed by atoms with E-state index in [1.165, 1.54) is 35.5 Å². The molecule has 0 unspecified atom stereocenters. The summed E-state index contributed by atoms with van der Waals surface area (Å²) in [6.45, 7) is 0.703. The lowest BCUT2D eigenvalue weighted by Gasteiger charge is -2.20. The molecule has 112 valence electrons. The van der Waals surface area contributed by atoms with Gasteiger partial charge in [0.1, 0.15) is 6.30 Å². The van der Waals surface area contributed by atoms with Crippen LogP contribution < -0.4 is 0 Å². The second kappa shape index (κ2) is 10.9. The van der Waals surface area contributed by atoms with Crippen molar-refractivity contribution >= 4 is 17.6 Å². The van der Waals surface area contributed by atoms with Gasteiger partial charge >= 0.3 is 17.6 Å². The highest BCUT2D eigenvalue weighted by atomic mass is 28.4. The van der Waals surface area contributed by atoms with Gasteiger partial charge in [0.15, 0.2) is 6.86 Å². The molecule has 0 aromatic rings. The first-order chi connectivity index (χ1) is 8.42. The van der Waals surface area contributed by atoms with E-state index in [-0.39, 0.29) is 0 Å². The predicted molar refractivity (Wildman–Crippen MR) is 65.5 cm³/mol. The molecule has 18 heavy (non-hydrogen) atoms. The highest BCUT2D eigenvalue weighted by Gasteiger charge is 2.42. The summed E-state index contributed by atoms with van der Waals surface area (Å²) in [4.78, 5) is 0. The average molecular weight is 308 g/mol. The average Bonchev–Trinajstić information content (AvgIpc) is 2.45. The van der Waals surface area contributed by atoms with Crippen LogP contribution in [-0.4, -0.2) is 66.3 Å². The Balaban J connectivity index is 0. The second-order valence-electron chi connectivity index (χ2n) is 3.04. The van der Waals surface area contributed by atoms with E-state index in [1.54, 1.807) is 6.55 Å². The van der Waals surface area contributed by atoms with E-state index >= 15 is 0 Å². The molecule has 0 radical (unpaired) electrons. The number of alkyl halides is 2. The maximum Gasteiger partial charge on any atom is 0.680 e. The maximum absolute atomic E-state index is 11.9. The lowest BCUT2D eigenvalue weighted by molar-refractivity contribution is -0.0180. The first-order valence-electron chi connectivity index (χ1n) is 4.94. The molecule has 0 aliphatic rings. The Morgan fingerprint density at radius 3 is 1.22 bits per heavy atom. The molecule has 0 aliphatic heterocycles. The van der Waals surface area contributed by atoms with Crippen LogP contribution in [0.5, 0.6) is 0 Å². The van der Waals surface area contributed by atoms with Crippen LogP contribution in [0.3, 0.4) is 0 Å². The normalized spacial score (nSPS) is 12.0. The molecule has 0 amide bonds. The Morgan fingerprint density at radius 2 is 1.17 bits per heavy atom. The molecule has 0 aromatic carbocycles. The molecule has 0 N–H and O–H groups in total. The van der Waals surface area contributed by atoms with Crippen molar-refractivity contribution in [2.45, 2.75) is 6.55 Å². The van der Waals surface area contributed by atoms with E-state index in [1.807, 2.05) is 0 Å². The van der Waals surface area contributed by atoms with Crippen LogP contribution in [0.1, 0.15) is 0 Å². The molecule has 0 heterocycles. The van der Waals surface area contributed by atoms with E-state index in [2.05, 4.69) is 4.43 Å². The topological polar surface area (TPSA) is 55.4 Å². The quantitative estimate of drug-likeness (QED) is 0.627. The molecule has 0 rings (SSSR count). The summed E-state index contributed by atoms with van der Waals surface area (Å²) in [6.07, 6.45) is -0.486. The van der Waals surface area contributed by atoms with E-state index in [0.717, 1.165) is 0 Å². The van der Waals surface area contributed by atoms with Crippen LogP contribution >= 0.6 is 0 Å². The molecule has 0 saturated heterocycles. The van der Waals surface area contributed by atoms with Gasteiger partial charge in [-0.1, -0.05) is 0 Å². The Hall–Kier alpha value is 0.0538. The molecule has 0 fully saturated rings. The van der Waals surface area contributed by atoms with Gasteiger partial charge in [-0.25, -0.2) is 8.78 Å². The summed E-state index contributed by atoms with van der Waals surface area (Å²) in [5, 5.41) is 0. The van der Waals surface area contributed by atoms with Crippen LogP contribution in [-0.2, 0) is 26.6 Å². The third kappa shape index (κ3) is 7.48. The third-order valence-electron chi connectivity index (χ3n) is 2.09. The summed E-state index contributed by atoms with van der Waals surface area (Å²) in [6, 6.07) is 0. The van der Waals surface area contributed by atoms with Gasteiger partial charge in [0.05, 0.1) is 0 Å². The minimum absolute atomic E-state index is 0.486. The predicted octanol–water partition coefficient (Wildman–Crippen LogP) is 1.16. The van der Waals surface area contributed by atoms with Gasteiger partial charge in [-0.15, -0.1) is 0 Å². The molecular weight excluding hydrogens is 286 g/mol. The fourth-order valence-corrected chi connectivity index (χ4v) is 2.06. The lowest BCUT2D eigenvalue weighted by atomic mass is 11.6. The van der Waals surface area contributed by atoms with Crippen LogP contribution in [0.15, 0.2) is 0 Å². The van der Waals surface area contributed by atoms with Gasteiger partial charge in [0, 0.05) is 35.5 Å². The van der Waals surface area contributed by atoms with Crippen molar-refractivity contribution in [3.05, 3.63) is 0 Å². The van der Waals surface area contributed by atoms with E-state index in [4.69, 9.17) is 22.1 Å². The Morgan fingerprint density at radius 1 is 0.778 bits per heavy atom. The summed E-state index contributed by atoms with van der Waals surface area (Å²) in [7, 11) is 1.53. The fourth-order valence-electron chi connectivity index (χ4n) is 0.686. The third-order valence-corrected chi connectivity index (χ3v) is 6.26. The van der Waals surface area contributed by atoms with E-state index in [0.29, 0.717) is 0 Å². The molecular formula is C8H22F2O6Si2. The SMILES string of the molecule is CO[Si](C)(CF)OC.CO[Si](OC)(OC)OCF. The minimum atomic E-state index is -3.09. The first kappa shape index (κ1) is 20.4. The van der Waals surface area contributed by atoms with E-state index < -0.39 is 30.8 Å². The number of halogens is 2. The molecule has 0 aromatic heterocycles. The monoisotopic (exact) mass is 308 g/mol. The Bertz CT molecular complexity index is 176. The van der Waals surface area contributed by atoms with Gasteiger partial charge < -0.3 is 26.6 Å². The van der Waals surface area contributed by atoms with E-state index in [9.17, 15) is 8.78 Å². The van der Waals surface area contributed by atoms with Crippen molar-refractivity contribution in [2.24, 2.45) is 0 Å². The molecule has 0 bridgehead atoms. The van der Waals surface area contributed by atoms with Crippen molar-refractivity contribution in [3.63, 3.8) is 0 Å². The zero-order chi connectivity index (χ0) is 14.7. The molecule has 0 aliphatic carbocycles. The van der Waals surface area contributed by atoms with Gasteiger partial charge in [0.2, 0.25) is 0 Å². The minimum Gasteiger partial charge on any atom is -0.396 e. The molecule has 10 heteroatoms. The van der Waals surface area contributed by atoms with Crippen molar-refractivity contribution in [1.82, 2.24) is 0 Å². The summed E-state index contributed by atoms with van der Waals surface area (Å²) >= 11 is 0. The smallest absolute Gasteiger partial charge is 0.396 e. The zero-order valence-corrected chi connectivity index (χ0v) is 13.6. The van der Waals surface area contributed by atoms with Crippen molar-refractivity contribution < 1.29 is 35.3 Å². The van der Waals surface area contributed by atoms with Crippen molar-refractivity contribution in [3.8, 4) is 0 Å². The molecule has 0 saturated carbocycles. The second-order valence-corrected chi connectivity index (χ2v) is 8.91. The van der Waals surface area contributed by atoms with Gasteiger partial charge in [-0.05, 0) is 6.55 Å². The fraction of sp³-hybridized carbons (Fsp3) is 1.00. The van der Waals surface area contributed by atoms with Gasteiger partial charge in [-0.3, -0.25) is 0 Å². The lowest BCUT2D eigenvalue weighted by Crippen LogP contribution is -2.46. The molecule has 6 nitrogen and oxygen atoms in total. The van der Waals surface area contributed by atoms with Crippen molar-refractivity contribution in [1.29, 1.82) is 0 Å². The number of rotatable bonds is 8. The van der Waals surface area contributed by atoms with Crippen LogP contribution in [0.4, 0.5) is 8.78 Å². The summed E-state index contributed by atoms with van der Waals surface area (Å²) in [5.74, 6) is 0. The highest BCUT2D eigenvalue weighted by Crippen LogP contribution is 2.06.